The molecule has 0 fully saturated rings. The molecule has 4 atom stereocenters. The third-order valence-electron chi connectivity index (χ3n) is 8.65. The van der Waals surface area contributed by atoms with E-state index in [4.69, 9.17) is 14.2 Å². The maximum Gasteiger partial charge on any atom is 0.258 e. The Labute approximate surface area is 279 Å². The average Bonchev–Trinajstić information content (AvgIpc) is 3.06. The number of ether oxygens (including phenoxy) is 3. The lowest BCUT2D eigenvalue weighted by Crippen LogP contribution is -2.47. The van der Waals surface area contributed by atoms with Gasteiger partial charge in [-0.15, -0.1) is 0 Å². The average molecular weight is 646 g/mol. The fraction of sp³-hybridized carbons (Fsp3) is 0.474. The molecule has 4 rings (SSSR count). The van der Waals surface area contributed by atoms with Crippen molar-refractivity contribution in [3.63, 3.8) is 0 Å². The van der Waals surface area contributed by atoms with Crippen molar-refractivity contribution in [2.45, 2.75) is 71.2 Å². The van der Waals surface area contributed by atoms with Crippen molar-refractivity contribution in [3.8, 4) is 11.5 Å². The normalized spacial score (nSPS) is 20.1. The van der Waals surface area contributed by atoms with E-state index in [1.54, 1.807) is 30.2 Å². The van der Waals surface area contributed by atoms with Crippen LogP contribution in [0.15, 0.2) is 72.8 Å². The number of hydrogen-bond acceptors (Lipinski definition) is 7. The Morgan fingerprint density at radius 1 is 1.06 bits per heavy atom. The number of carbonyl (C=O) groups is 2. The van der Waals surface area contributed by atoms with Crippen LogP contribution in [-0.4, -0.2) is 85.4 Å². The van der Waals surface area contributed by atoms with Gasteiger partial charge in [-0.1, -0.05) is 49.4 Å². The third-order valence-corrected chi connectivity index (χ3v) is 8.65. The summed E-state index contributed by atoms with van der Waals surface area (Å²) >= 11 is 0. The van der Waals surface area contributed by atoms with E-state index in [2.05, 4.69) is 36.3 Å². The number of nitrogens with zero attached hydrogens (tertiary/aromatic N) is 2. The summed E-state index contributed by atoms with van der Waals surface area (Å²) in [5.74, 6) is 0.820. The highest BCUT2D eigenvalue weighted by molar-refractivity contribution is 6.00. The Balaban J connectivity index is 1.57. The Morgan fingerprint density at radius 3 is 2.51 bits per heavy atom. The van der Waals surface area contributed by atoms with E-state index in [1.165, 1.54) is 5.56 Å². The van der Waals surface area contributed by atoms with Gasteiger partial charge in [0.05, 0.1) is 44.0 Å². The number of likely N-dealkylation sites (N-methyl/N-ethyl adjacent to an activating group) is 1. The van der Waals surface area contributed by atoms with Crippen LogP contribution in [0.25, 0.3) is 0 Å². The molecule has 0 unspecified atom stereocenters. The maximum atomic E-state index is 14.4. The Kier molecular flexibility index (Phi) is 13.6. The van der Waals surface area contributed by atoms with Crippen molar-refractivity contribution in [2.75, 3.05) is 45.8 Å². The molecule has 2 amide bonds. The number of aliphatic hydroxyl groups is 1. The van der Waals surface area contributed by atoms with Crippen LogP contribution in [0.4, 0.5) is 5.69 Å². The van der Waals surface area contributed by atoms with Gasteiger partial charge in [-0.3, -0.25) is 14.5 Å². The van der Waals surface area contributed by atoms with Crippen molar-refractivity contribution in [1.82, 2.24) is 9.80 Å². The number of rotatable bonds is 10. The van der Waals surface area contributed by atoms with Gasteiger partial charge in [-0.25, -0.2) is 0 Å². The molecule has 1 heterocycles. The lowest BCUT2D eigenvalue weighted by molar-refractivity contribution is -0.115. The Morgan fingerprint density at radius 2 is 1.81 bits per heavy atom. The summed E-state index contributed by atoms with van der Waals surface area (Å²) in [4.78, 5) is 31.2. The van der Waals surface area contributed by atoms with Gasteiger partial charge in [0, 0.05) is 37.8 Å². The van der Waals surface area contributed by atoms with Crippen LogP contribution in [-0.2, 0) is 22.5 Å². The Hall–Kier alpha value is -3.92. The fourth-order valence-electron chi connectivity index (χ4n) is 5.86. The first kappa shape index (κ1) is 35.9. The highest BCUT2D eigenvalue weighted by Crippen LogP contribution is 2.29. The number of carbonyl (C=O) groups excluding carboxylic acids is 2. The van der Waals surface area contributed by atoms with Crippen molar-refractivity contribution in [3.05, 3.63) is 89.5 Å². The number of hydrogen-bond donors (Lipinski definition) is 2. The predicted octanol–water partition coefficient (Wildman–Crippen LogP) is 5.80. The van der Waals surface area contributed by atoms with E-state index >= 15 is 0 Å². The summed E-state index contributed by atoms with van der Waals surface area (Å²) in [6.45, 7) is 8.16. The predicted molar refractivity (Wildman–Crippen MR) is 185 cm³/mol. The second-order valence-electron chi connectivity index (χ2n) is 12.8. The van der Waals surface area contributed by atoms with Gasteiger partial charge in [0.25, 0.3) is 5.91 Å². The molecule has 0 radical (unpaired) electrons. The van der Waals surface area contributed by atoms with Crippen molar-refractivity contribution < 1.29 is 28.9 Å². The highest BCUT2D eigenvalue weighted by Gasteiger charge is 2.30. The van der Waals surface area contributed by atoms with Crippen LogP contribution in [0.3, 0.4) is 0 Å². The molecule has 0 aromatic heterocycles. The highest BCUT2D eigenvalue weighted by atomic mass is 16.5. The maximum absolute atomic E-state index is 14.4. The number of fused-ring (bicyclic) bond motifs is 1. The van der Waals surface area contributed by atoms with Gasteiger partial charge in [0.15, 0.2) is 0 Å². The minimum Gasteiger partial charge on any atom is -0.497 e. The summed E-state index contributed by atoms with van der Waals surface area (Å²) in [6.07, 6.45) is 2.58. The van der Waals surface area contributed by atoms with Gasteiger partial charge in [0.2, 0.25) is 5.91 Å². The Bertz CT molecular complexity index is 1420. The first-order chi connectivity index (χ1) is 22.7. The van der Waals surface area contributed by atoms with E-state index in [9.17, 15) is 14.7 Å². The zero-order valence-electron chi connectivity index (χ0n) is 28.5. The molecule has 0 aliphatic carbocycles. The minimum absolute atomic E-state index is 0.0359. The number of aliphatic hydroxyl groups excluding tert-OH is 1. The van der Waals surface area contributed by atoms with E-state index in [1.807, 2.05) is 56.3 Å². The monoisotopic (exact) mass is 645 g/mol. The molecule has 1 aliphatic rings. The van der Waals surface area contributed by atoms with Gasteiger partial charge < -0.3 is 29.5 Å². The molecule has 9 heteroatoms. The molecule has 1 aliphatic heterocycles. The lowest BCUT2D eigenvalue weighted by Gasteiger charge is -2.36. The third kappa shape index (κ3) is 10.8. The van der Waals surface area contributed by atoms with Gasteiger partial charge >= 0.3 is 0 Å². The summed E-state index contributed by atoms with van der Waals surface area (Å²) < 4.78 is 18.1. The van der Waals surface area contributed by atoms with Crippen LogP contribution >= 0.6 is 0 Å². The molecule has 9 nitrogen and oxygen atoms in total. The molecular weight excluding hydrogens is 594 g/mol. The SMILES string of the molecule is COc1ccc(CN(C)C[C@@H]2OCCCC[C@H](C)Oc3ccc(NC(=O)Cc4ccccc4)cc3C(=O)N([C@@H](C)CO)C[C@@H]2C)cc1. The fourth-order valence-corrected chi connectivity index (χ4v) is 5.86. The van der Waals surface area contributed by atoms with Crippen LogP contribution in [0.1, 0.15) is 61.5 Å². The molecule has 254 valence electrons. The minimum atomic E-state index is -0.447. The van der Waals surface area contributed by atoms with Crippen molar-refractivity contribution in [1.29, 1.82) is 0 Å². The number of amides is 2. The molecule has 3 aromatic carbocycles. The number of methoxy groups -OCH3 is 1. The van der Waals surface area contributed by atoms with Gasteiger partial charge in [-0.05, 0) is 81.6 Å². The lowest BCUT2D eigenvalue weighted by atomic mass is 10.0. The van der Waals surface area contributed by atoms with E-state index in [0.717, 1.165) is 37.1 Å². The van der Waals surface area contributed by atoms with Crippen LogP contribution < -0.4 is 14.8 Å². The van der Waals surface area contributed by atoms with E-state index < -0.39 is 6.04 Å². The second-order valence-corrected chi connectivity index (χ2v) is 12.8. The number of benzene rings is 3. The summed E-state index contributed by atoms with van der Waals surface area (Å²) in [6, 6.07) is 22.4. The molecule has 0 saturated heterocycles. The van der Waals surface area contributed by atoms with E-state index in [0.29, 0.717) is 36.7 Å². The molecule has 3 aromatic rings. The number of anilines is 1. The smallest absolute Gasteiger partial charge is 0.258 e. The quantitative estimate of drug-likeness (QED) is 0.287. The van der Waals surface area contributed by atoms with Gasteiger partial charge in [0.1, 0.15) is 11.5 Å². The topological polar surface area (TPSA) is 101 Å². The molecular formula is C38H51N3O6. The molecule has 0 spiro atoms. The largest absolute Gasteiger partial charge is 0.497 e. The van der Waals surface area contributed by atoms with Crippen LogP contribution in [0, 0.1) is 5.92 Å². The van der Waals surface area contributed by atoms with Gasteiger partial charge in [-0.2, -0.15) is 0 Å². The summed E-state index contributed by atoms with van der Waals surface area (Å²) in [5, 5.41) is 13.2. The summed E-state index contributed by atoms with van der Waals surface area (Å²) in [5.41, 5.74) is 2.94. The first-order valence-corrected chi connectivity index (χ1v) is 16.7. The number of nitrogens with one attached hydrogen (secondary N) is 1. The van der Waals surface area contributed by atoms with E-state index in [-0.39, 0.29) is 43.0 Å². The van der Waals surface area contributed by atoms with Crippen molar-refractivity contribution >= 4 is 17.5 Å². The molecule has 2 N–H and O–H groups in total. The summed E-state index contributed by atoms with van der Waals surface area (Å²) in [7, 11) is 3.74. The standard InChI is InChI=1S/C38H51N3O6/c1-27-23-41(28(2)26-42)38(44)34-22-32(39-37(43)21-30-12-7-6-8-13-30)16-19-35(34)47-29(3)11-9-10-20-46-36(27)25-40(4)24-31-14-17-33(45-5)18-15-31/h6-8,12-19,22,27-29,36,42H,9-11,20-21,23-26H2,1-5H3,(H,39,43)/t27-,28-,29-,36-/m0/s1. The zero-order chi connectivity index (χ0) is 33.8. The molecule has 47 heavy (non-hydrogen) atoms. The first-order valence-electron chi connectivity index (χ1n) is 16.7. The zero-order valence-corrected chi connectivity index (χ0v) is 28.5. The van der Waals surface area contributed by atoms with Crippen LogP contribution in [0.5, 0.6) is 11.5 Å². The van der Waals surface area contributed by atoms with Crippen molar-refractivity contribution in [2.24, 2.45) is 5.92 Å². The molecule has 0 saturated carbocycles. The second kappa shape index (κ2) is 17.8. The molecule has 0 bridgehead atoms. The van der Waals surface area contributed by atoms with Crippen LogP contribution in [0.2, 0.25) is 0 Å².